The number of hydrogen-bond acceptors (Lipinski definition) is 4. The minimum Gasteiger partial charge on any atom is -0.396 e. The Labute approximate surface area is 107 Å². The van der Waals surface area contributed by atoms with Crippen LogP contribution in [0.4, 0.5) is 5.69 Å². The summed E-state index contributed by atoms with van der Waals surface area (Å²) >= 11 is 0. The molecule has 0 aromatic heterocycles. The third kappa shape index (κ3) is 4.85. The van der Waals surface area contributed by atoms with Gasteiger partial charge in [-0.05, 0) is 18.6 Å². The van der Waals surface area contributed by atoms with Crippen LogP contribution in [0.1, 0.15) is 6.42 Å². The van der Waals surface area contributed by atoms with Crippen molar-refractivity contribution in [2.45, 2.75) is 6.42 Å². The number of carbonyl (C=O) groups excluding carboxylic acids is 1. The number of nitrogens with one attached hydrogen (secondary N) is 1. The summed E-state index contributed by atoms with van der Waals surface area (Å²) in [6.07, 6.45) is 0.598. The molecule has 0 fully saturated rings. The molecule has 0 unspecified atom stereocenters. The third-order valence-electron chi connectivity index (χ3n) is 2.41. The Morgan fingerprint density at radius 3 is 2.72 bits per heavy atom. The van der Waals surface area contributed by atoms with Crippen molar-refractivity contribution in [2.24, 2.45) is 0 Å². The third-order valence-corrected chi connectivity index (χ3v) is 2.41. The largest absolute Gasteiger partial charge is 0.396 e. The van der Waals surface area contributed by atoms with Gasteiger partial charge in [0, 0.05) is 18.8 Å². The lowest BCUT2D eigenvalue weighted by molar-refractivity contribution is -0.119. The number of hydrogen-bond donors (Lipinski definition) is 2. The van der Waals surface area contributed by atoms with Crippen molar-refractivity contribution >= 4 is 11.6 Å². The second kappa shape index (κ2) is 8.09. The van der Waals surface area contributed by atoms with Crippen LogP contribution in [0.15, 0.2) is 30.3 Å². The SMILES string of the molecule is N#CCNC(=O)CN(CCCO)c1ccccc1. The molecule has 0 saturated carbocycles. The van der Waals surface area contributed by atoms with Crippen LogP contribution in [0.5, 0.6) is 0 Å². The first-order valence-corrected chi connectivity index (χ1v) is 5.82. The lowest BCUT2D eigenvalue weighted by atomic mass is 10.2. The molecular formula is C13H17N3O2. The predicted molar refractivity (Wildman–Crippen MR) is 69.0 cm³/mol. The molecule has 5 nitrogen and oxygen atoms in total. The van der Waals surface area contributed by atoms with Gasteiger partial charge in [0.15, 0.2) is 0 Å². The minimum atomic E-state index is -0.196. The molecule has 0 aliphatic rings. The van der Waals surface area contributed by atoms with E-state index < -0.39 is 0 Å². The van der Waals surface area contributed by atoms with Crippen LogP contribution in [0.2, 0.25) is 0 Å². The Morgan fingerprint density at radius 1 is 1.39 bits per heavy atom. The molecular weight excluding hydrogens is 230 g/mol. The number of anilines is 1. The van der Waals surface area contributed by atoms with E-state index in [-0.39, 0.29) is 25.6 Å². The first-order chi connectivity index (χ1) is 8.77. The van der Waals surface area contributed by atoms with Crippen LogP contribution >= 0.6 is 0 Å². The van der Waals surface area contributed by atoms with Crippen LogP contribution in [0, 0.1) is 11.3 Å². The number of nitrogens with zero attached hydrogens (tertiary/aromatic N) is 2. The zero-order valence-electron chi connectivity index (χ0n) is 10.2. The zero-order valence-corrected chi connectivity index (χ0v) is 10.2. The molecule has 1 aromatic carbocycles. The van der Waals surface area contributed by atoms with E-state index in [9.17, 15) is 4.79 Å². The summed E-state index contributed by atoms with van der Waals surface area (Å²) in [5.41, 5.74) is 0.929. The summed E-state index contributed by atoms with van der Waals surface area (Å²) in [5, 5.41) is 19.8. The van der Waals surface area contributed by atoms with Gasteiger partial charge in [-0.25, -0.2) is 0 Å². The molecule has 0 heterocycles. The van der Waals surface area contributed by atoms with E-state index in [0.29, 0.717) is 13.0 Å². The van der Waals surface area contributed by atoms with E-state index in [0.717, 1.165) is 5.69 Å². The van der Waals surface area contributed by atoms with Crippen molar-refractivity contribution in [3.63, 3.8) is 0 Å². The summed E-state index contributed by atoms with van der Waals surface area (Å²) < 4.78 is 0. The first-order valence-electron chi connectivity index (χ1n) is 5.82. The molecule has 18 heavy (non-hydrogen) atoms. The van der Waals surface area contributed by atoms with Crippen molar-refractivity contribution < 1.29 is 9.90 Å². The minimum absolute atomic E-state index is 0.0153. The van der Waals surface area contributed by atoms with Crippen LogP contribution < -0.4 is 10.2 Å². The summed E-state index contributed by atoms with van der Waals surface area (Å²) in [4.78, 5) is 13.5. The molecule has 0 spiro atoms. The topological polar surface area (TPSA) is 76.4 Å². The van der Waals surface area contributed by atoms with Crippen molar-refractivity contribution in [2.75, 3.05) is 31.1 Å². The second-order valence-electron chi connectivity index (χ2n) is 3.77. The quantitative estimate of drug-likeness (QED) is 0.688. The number of carbonyl (C=O) groups is 1. The summed E-state index contributed by atoms with van der Waals surface area (Å²) in [7, 11) is 0. The Balaban J connectivity index is 2.62. The van der Waals surface area contributed by atoms with Crippen LogP contribution in [0.25, 0.3) is 0 Å². The van der Waals surface area contributed by atoms with E-state index in [1.807, 2.05) is 41.3 Å². The Hall–Kier alpha value is -2.06. The van der Waals surface area contributed by atoms with E-state index >= 15 is 0 Å². The highest BCUT2D eigenvalue weighted by Crippen LogP contribution is 2.12. The standard InChI is InChI=1S/C13H17N3O2/c14-7-8-15-13(18)11-16(9-4-10-17)12-5-2-1-3-6-12/h1-3,5-6,17H,4,8-11H2,(H,15,18). The van der Waals surface area contributed by atoms with Gasteiger partial charge in [-0.3, -0.25) is 4.79 Å². The van der Waals surface area contributed by atoms with Gasteiger partial charge in [0.05, 0.1) is 12.6 Å². The molecule has 96 valence electrons. The molecule has 1 rings (SSSR count). The van der Waals surface area contributed by atoms with Gasteiger partial charge in [-0.15, -0.1) is 0 Å². The maximum atomic E-state index is 11.6. The van der Waals surface area contributed by atoms with Gasteiger partial charge in [0.25, 0.3) is 0 Å². The van der Waals surface area contributed by atoms with E-state index in [1.165, 1.54) is 0 Å². The number of aliphatic hydroxyl groups is 1. The number of para-hydroxylation sites is 1. The molecule has 0 aliphatic carbocycles. The molecule has 0 saturated heterocycles. The van der Waals surface area contributed by atoms with E-state index in [1.54, 1.807) is 0 Å². The van der Waals surface area contributed by atoms with Gasteiger partial charge in [0.2, 0.25) is 5.91 Å². The zero-order chi connectivity index (χ0) is 13.2. The lowest BCUT2D eigenvalue weighted by Crippen LogP contribution is -2.38. The van der Waals surface area contributed by atoms with Crippen molar-refractivity contribution in [1.82, 2.24) is 5.32 Å². The van der Waals surface area contributed by atoms with Crippen molar-refractivity contribution in [1.29, 1.82) is 5.26 Å². The predicted octanol–water partition coefficient (Wildman–Crippen LogP) is 0.515. The molecule has 0 atom stereocenters. The molecule has 0 bridgehead atoms. The maximum absolute atomic E-state index is 11.6. The average molecular weight is 247 g/mol. The molecule has 2 N–H and O–H groups in total. The van der Waals surface area contributed by atoms with Crippen molar-refractivity contribution in [3.8, 4) is 6.07 Å². The number of nitriles is 1. The Morgan fingerprint density at radius 2 is 2.11 bits per heavy atom. The first kappa shape index (κ1) is 14.0. The molecule has 1 amide bonds. The monoisotopic (exact) mass is 247 g/mol. The van der Waals surface area contributed by atoms with Crippen LogP contribution in [-0.4, -0.2) is 37.3 Å². The van der Waals surface area contributed by atoms with Gasteiger partial charge >= 0.3 is 0 Å². The fraction of sp³-hybridized carbons (Fsp3) is 0.385. The molecule has 0 radical (unpaired) electrons. The Kier molecular flexibility index (Phi) is 6.30. The normalized spacial score (nSPS) is 9.56. The molecule has 5 heteroatoms. The van der Waals surface area contributed by atoms with E-state index in [2.05, 4.69) is 5.32 Å². The highest BCUT2D eigenvalue weighted by molar-refractivity contribution is 5.81. The summed E-state index contributed by atoms with van der Waals surface area (Å²) in [6, 6.07) is 11.4. The van der Waals surface area contributed by atoms with Gasteiger partial charge in [-0.1, -0.05) is 18.2 Å². The van der Waals surface area contributed by atoms with Gasteiger partial charge in [0.1, 0.15) is 6.54 Å². The fourth-order valence-electron chi connectivity index (χ4n) is 1.57. The van der Waals surface area contributed by atoms with Gasteiger partial charge < -0.3 is 15.3 Å². The fourth-order valence-corrected chi connectivity index (χ4v) is 1.57. The highest BCUT2D eigenvalue weighted by Gasteiger charge is 2.10. The van der Waals surface area contributed by atoms with Gasteiger partial charge in [-0.2, -0.15) is 5.26 Å². The number of amides is 1. The number of benzene rings is 1. The maximum Gasteiger partial charge on any atom is 0.240 e. The molecule has 0 aliphatic heterocycles. The smallest absolute Gasteiger partial charge is 0.240 e. The van der Waals surface area contributed by atoms with E-state index in [4.69, 9.17) is 10.4 Å². The highest BCUT2D eigenvalue weighted by atomic mass is 16.3. The summed E-state index contributed by atoms with van der Waals surface area (Å²) in [5.74, 6) is -0.196. The average Bonchev–Trinajstić information content (AvgIpc) is 2.42. The second-order valence-corrected chi connectivity index (χ2v) is 3.77. The lowest BCUT2D eigenvalue weighted by Gasteiger charge is -2.23. The number of rotatable bonds is 7. The summed E-state index contributed by atoms with van der Waals surface area (Å²) in [6.45, 7) is 0.886. The Bertz CT molecular complexity index is 400. The van der Waals surface area contributed by atoms with Crippen LogP contribution in [-0.2, 0) is 4.79 Å². The van der Waals surface area contributed by atoms with Crippen molar-refractivity contribution in [3.05, 3.63) is 30.3 Å². The molecule has 1 aromatic rings. The van der Waals surface area contributed by atoms with Crippen LogP contribution in [0.3, 0.4) is 0 Å². The number of aliphatic hydroxyl groups excluding tert-OH is 1.